The van der Waals surface area contributed by atoms with Crippen LogP contribution in [0.2, 0.25) is 0 Å². The van der Waals surface area contributed by atoms with E-state index in [0.29, 0.717) is 31.1 Å². The van der Waals surface area contributed by atoms with Crippen LogP contribution in [0.5, 0.6) is 5.75 Å². The summed E-state index contributed by atoms with van der Waals surface area (Å²) in [6, 6.07) is 5.45. The van der Waals surface area contributed by atoms with E-state index >= 15 is 0 Å². The first-order chi connectivity index (χ1) is 9.62. The van der Waals surface area contributed by atoms with E-state index in [0.717, 1.165) is 12.0 Å². The minimum Gasteiger partial charge on any atom is -0.495 e. The molecule has 20 heavy (non-hydrogen) atoms. The number of nitrogen functional groups attached to an aromatic ring is 1. The van der Waals surface area contributed by atoms with Crippen molar-refractivity contribution in [3.8, 4) is 5.75 Å². The molecule has 112 valence electrons. The number of hydrogen-bond acceptors (Lipinski definition) is 5. The van der Waals surface area contributed by atoms with Gasteiger partial charge >= 0.3 is 5.97 Å². The predicted octanol–water partition coefficient (Wildman–Crippen LogP) is 2.18. The molecule has 1 aromatic rings. The first-order valence-electron chi connectivity index (χ1n) is 6.83. The van der Waals surface area contributed by atoms with Crippen LogP contribution in [0.25, 0.3) is 0 Å². The maximum absolute atomic E-state index is 11.9. The lowest BCUT2D eigenvalue weighted by Gasteiger charge is -2.17. The molecule has 0 fully saturated rings. The number of anilines is 1. The summed E-state index contributed by atoms with van der Waals surface area (Å²) < 4.78 is 15.7. The lowest BCUT2D eigenvalue weighted by molar-refractivity contribution is -0.156. The van der Waals surface area contributed by atoms with Crippen LogP contribution in [0.4, 0.5) is 5.69 Å². The molecular weight excluding hydrogens is 258 g/mol. The number of rotatable bonds is 8. The van der Waals surface area contributed by atoms with Gasteiger partial charge < -0.3 is 19.9 Å². The lowest BCUT2D eigenvalue weighted by atomic mass is 10.1. The second-order valence-electron chi connectivity index (χ2n) is 4.39. The third kappa shape index (κ3) is 4.74. The van der Waals surface area contributed by atoms with Gasteiger partial charge in [0.05, 0.1) is 19.4 Å². The van der Waals surface area contributed by atoms with Crippen molar-refractivity contribution in [2.45, 2.75) is 32.8 Å². The van der Waals surface area contributed by atoms with Crippen molar-refractivity contribution >= 4 is 11.7 Å². The molecule has 1 atom stereocenters. The van der Waals surface area contributed by atoms with Crippen molar-refractivity contribution in [1.82, 2.24) is 0 Å². The van der Waals surface area contributed by atoms with Gasteiger partial charge in [0.2, 0.25) is 0 Å². The maximum atomic E-state index is 11.9. The summed E-state index contributed by atoms with van der Waals surface area (Å²) in [4.78, 5) is 11.9. The number of nitrogens with two attached hydrogens (primary N) is 1. The molecule has 2 N–H and O–H groups in total. The molecule has 1 rings (SSSR count). The average molecular weight is 281 g/mol. The Morgan fingerprint density at radius 2 is 2.10 bits per heavy atom. The van der Waals surface area contributed by atoms with Gasteiger partial charge in [-0.2, -0.15) is 0 Å². The van der Waals surface area contributed by atoms with Crippen LogP contribution in [0.15, 0.2) is 18.2 Å². The van der Waals surface area contributed by atoms with E-state index in [4.69, 9.17) is 19.9 Å². The molecule has 0 amide bonds. The highest BCUT2D eigenvalue weighted by molar-refractivity contribution is 5.75. The van der Waals surface area contributed by atoms with Crippen LogP contribution in [0.1, 0.15) is 25.8 Å². The zero-order chi connectivity index (χ0) is 15.0. The van der Waals surface area contributed by atoms with Crippen molar-refractivity contribution in [3.05, 3.63) is 23.8 Å². The topological polar surface area (TPSA) is 70.8 Å². The summed E-state index contributed by atoms with van der Waals surface area (Å²) in [5.41, 5.74) is 7.32. The third-order valence-electron chi connectivity index (χ3n) is 2.79. The molecule has 0 saturated heterocycles. The fraction of sp³-hybridized carbons (Fsp3) is 0.533. The van der Waals surface area contributed by atoms with Gasteiger partial charge in [0.1, 0.15) is 5.75 Å². The molecule has 5 heteroatoms. The summed E-state index contributed by atoms with van der Waals surface area (Å²) in [6.45, 7) is 4.64. The summed E-state index contributed by atoms with van der Waals surface area (Å²) in [6.07, 6.45) is 0.691. The van der Waals surface area contributed by atoms with Gasteiger partial charge in [0.15, 0.2) is 6.10 Å². The van der Waals surface area contributed by atoms with Gasteiger partial charge in [-0.05, 0) is 31.0 Å². The molecule has 0 heterocycles. The Labute approximate surface area is 120 Å². The van der Waals surface area contributed by atoms with Crippen molar-refractivity contribution in [2.24, 2.45) is 0 Å². The van der Waals surface area contributed by atoms with Crippen LogP contribution < -0.4 is 10.5 Å². The summed E-state index contributed by atoms with van der Waals surface area (Å²) in [5, 5.41) is 0. The highest BCUT2D eigenvalue weighted by atomic mass is 16.6. The summed E-state index contributed by atoms with van der Waals surface area (Å²) in [7, 11) is 1.57. The van der Waals surface area contributed by atoms with Crippen LogP contribution in [-0.2, 0) is 20.7 Å². The Balaban J connectivity index is 2.77. The van der Waals surface area contributed by atoms with Crippen molar-refractivity contribution in [1.29, 1.82) is 0 Å². The fourth-order valence-corrected chi connectivity index (χ4v) is 1.83. The van der Waals surface area contributed by atoms with Crippen LogP contribution in [0, 0.1) is 0 Å². The fourth-order valence-electron chi connectivity index (χ4n) is 1.83. The zero-order valence-electron chi connectivity index (χ0n) is 12.3. The number of methoxy groups -OCH3 is 1. The SMILES string of the molecule is CCCOC(Cc1ccc(OC)c(N)c1)C(=O)OCC. The molecule has 0 radical (unpaired) electrons. The molecule has 0 aromatic heterocycles. The Morgan fingerprint density at radius 3 is 2.65 bits per heavy atom. The molecular formula is C15H23NO4. The van der Waals surface area contributed by atoms with Crippen molar-refractivity contribution < 1.29 is 19.0 Å². The maximum Gasteiger partial charge on any atom is 0.335 e. The van der Waals surface area contributed by atoms with E-state index in [1.54, 1.807) is 26.2 Å². The minimum absolute atomic E-state index is 0.338. The molecule has 0 bridgehead atoms. The molecule has 1 unspecified atom stereocenters. The lowest BCUT2D eigenvalue weighted by Crippen LogP contribution is -2.29. The Morgan fingerprint density at radius 1 is 1.35 bits per heavy atom. The average Bonchev–Trinajstić information content (AvgIpc) is 2.43. The largest absolute Gasteiger partial charge is 0.495 e. The van der Waals surface area contributed by atoms with E-state index in [1.165, 1.54) is 0 Å². The summed E-state index contributed by atoms with van der Waals surface area (Å²) >= 11 is 0. The number of benzene rings is 1. The minimum atomic E-state index is -0.595. The third-order valence-corrected chi connectivity index (χ3v) is 2.79. The van der Waals surface area contributed by atoms with Gasteiger partial charge in [-0.25, -0.2) is 4.79 Å². The molecule has 5 nitrogen and oxygen atoms in total. The van der Waals surface area contributed by atoms with E-state index in [1.807, 2.05) is 13.0 Å². The first-order valence-corrected chi connectivity index (χ1v) is 6.83. The number of ether oxygens (including phenoxy) is 3. The van der Waals surface area contributed by atoms with Crippen molar-refractivity contribution in [3.63, 3.8) is 0 Å². The van der Waals surface area contributed by atoms with E-state index < -0.39 is 6.10 Å². The molecule has 1 aromatic carbocycles. The van der Waals surface area contributed by atoms with Crippen LogP contribution >= 0.6 is 0 Å². The van der Waals surface area contributed by atoms with Crippen LogP contribution in [0.3, 0.4) is 0 Å². The molecule has 0 aliphatic carbocycles. The standard InChI is InChI=1S/C15H23NO4/c1-4-8-20-14(15(17)19-5-2)10-11-6-7-13(18-3)12(16)9-11/h6-7,9,14H,4-5,8,10,16H2,1-3H3. The number of carbonyl (C=O) groups is 1. The zero-order valence-corrected chi connectivity index (χ0v) is 12.3. The quantitative estimate of drug-likeness (QED) is 0.584. The second kappa shape index (κ2) is 8.43. The predicted molar refractivity (Wildman–Crippen MR) is 77.8 cm³/mol. The van der Waals surface area contributed by atoms with E-state index in [2.05, 4.69) is 0 Å². The number of hydrogen-bond donors (Lipinski definition) is 1. The van der Waals surface area contributed by atoms with E-state index in [9.17, 15) is 4.79 Å². The Hall–Kier alpha value is -1.75. The van der Waals surface area contributed by atoms with Crippen molar-refractivity contribution in [2.75, 3.05) is 26.1 Å². The first kappa shape index (κ1) is 16.3. The molecule has 0 saturated carbocycles. The Kier molecular flexibility index (Phi) is 6.87. The van der Waals surface area contributed by atoms with Gasteiger partial charge in [-0.1, -0.05) is 13.0 Å². The second-order valence-corrected chi connectivity index (χ2v) is 4.39. The van der Waals surface area contributed by atoms with Crippen LogP contribution in [-0.4, -0.2) is 32.4 Å². The smallest absolute Gasteiger partial charge is 0.335 e. The Bertz CT molecular complexity index is 434. The van der Waals surface area contributed by atoms with Gasteiger partial charge in [-0.15, -0.1) is 0 Å². The van der Waals surface area contributed by atoms with Gasteiger partial charge in [0, 0.05) is 13.0 Å². The number of carbonyl (C=O) groups excluding carboxylic acids is 1. The molecule has 0 aliphatic rings. The monoisotopic (exact) mass is 281 g/mol. The van der Waals surface area contributed by atoms with Gasteiger partial charge in [-0.3, -0.25) is 0 Å². The highest BCUT2D eigenvalue weighted by Gasteiger charge is 2.21. The molecule has 0 aliphatic heterocycles. The summed E-state index contributed by atoms with van der Waals surface area (Å²) in [5.74, 6) is 0.284. The highest BCUT2D eigenvalue weighted by Crippen LogP contribution is 2.23. The van der Waals surface area contributed by atoms with Gasteiger partial charge in [0.25, 0.3) is 0 Å². The van der Waals surface area contributed by atoms with E-state index in [-0.39, 0.29) is 5.97 Å². The normalized spacial score (nSPS) is 11.9. The number of esters is 1. The molecule has 0 spiro atoms.